The molecule has 10 heteroatoms. The lowest BCUT2D eigenvalue weighted by molar-refractivity contribution is 0.367. The minimum absolute atomic E-state index is 0.125. The minimum Gasteiger partial charge on any atom is -0.345 e. The van der Waals surface area contributed by atoms with Crippen LogP contribution in [-0.2, 0) is 14.1 Å². The molecule has 6 rings (SSSR count). The van der Waals surface area contributed by atoms with Crippen molar-refractivity contribution in [1.29, 1.82) is 0 Å². The first-order valence-electron chi connectivity index (χ1n) is 10.7. The number of nitrogens with zero attached hydrogens (tertiary/aromatic N) is 5. The van der Waals surface area contributed by atoms with E-state index in [4.69, 9.17) is 33.9 Å². The fourth-order valence-corrected chi connectivity index (χ4v) is 6.32. The molecule has 0 radical (unpaired) electrons. The van der Waals surface area contributed by atoms with E-state index in [0.29, 0.717) is 55.2 Å². The lowest BCUT2D eigenvalue weighted by atomic mass is 9.84. The van der Waals surface area contributed by atoms with Gasteiger partial charge in [0, 0.05) is 49.0 Å². The van der Waals surface area contributed by atoms with E-state index in [1.165, 1.54) is 0 Å². The Labute approximate surface area is 193 Å². The molecule has 2 bridgehead atoms. The molecular formula is C22H23Cl2N7O. The second-order valence-corrected chi connectivity index (χ2v) is 10.0. The molecule has 2 saturated heterocycles. The number of anilines is 1. The van der Waals surface area contributed by atoms with Crippen LogP contribution in [0.4, 0.5) is 5.95 Å². The number of benzene rings is 1. The van der Waals surface area contributed by atoms with Gasteiger partial charge in [0.25, 0.3) is 5.56 Å². The second-order valence-electron chi connectivity index (χ2n) is 9.30. The smallest absolute Gasteiger partial charge is 0.264 e. The van der Waals surface area contributed by atoms with Gasteiger partial charge < -0.3 is 15.6 Å². The highest BCUT2D eigenvalue weighted by molar-refractivity contribution is 6.43. The Morgan fingerprint density at radius 3 is 2.66 bits per heavy atom. The first-order chi connectivity index (χ1) is 15.2. The number of hydrogen-bond donors (Lipinski definition) is 2. The van der Waals surface area contributed by atoms with E-state index in [-0.39, 0.29) is 17.1 Å². The minimum atomic E-state index is -0.275. The van der Waals surface area contributed by atoms with E-state index in [0.717, 1.165) is 19.3 Å². The summed E-state index contributed by atoms with van der Waals surface area (Å²) in [6.07, 6.45) is 4.78. The molecule has 2 aliphatic heterocycles. The third-order valence-corrected chi connectivity index (χ3v) is 8.04. The van der Waals surface area contributed by atoms with Crippen molar-refractivity contribution < 1.29 is 0 Å². The molecule has 2 aliphatic rings. The Kier molecular flexibility index (Phi) is 4.08. The van der Waals surface area contributed by atoms with Gasteiger partial charge in [0.2, 0.25) is 5.95 Å². The van der Waals surface area contributed by atoms with Crippen molar-refractivity contribution in [3.63, 3.8) is 0 Å². The largest absolute Gasteiger partial charge is 0.345 e. The van der Waals surface area contributed by atoms with Crippen molar-refractivity contribution in [2.75, 3.05) is 4.90 Å². The van der Waals surface area contributed by atoms with Gasteiger partial charge in [0.1, 0.15) is 10.8 Å². The monoisotopic (exact) mass is 471 g/mol. The summed E-state index contributed by atoms with van der Waals surface area (Å²) in [5, 5.41) is 6.46. The maximum Gasteiger partial charge on any atom is 0.264 e. The van der Waals surface area contributed by atoms with Crippen LogP contribution >= 0.6 is 23.2 Å². The van der Waals surface area contributed by atoms with Crippen LogP contribution in [0.15, 0.2) is 23.1 Å². The van der Waals surface area contributed by atoms with Crippen molar-refractivity contribution in [3.05, 3.63) is 38.9 Å². The second kappa shape index (κ2) is 6.50. The normalized spacial score (nSPS) is 25.0. The quantitative estimate of drug-likeness (QED) is 0.465. The number of rotatable bonds is 2. The molecule has 0 aliphatic carbocycles. The summed E-state index contributed by atoms with van der Waals surface area (Å²) in [5.74, 6) is 0.662. The van der Waals surface area contributed by atoms with E-state index in [9.17, 15) is 4.79 Å². The van der Waals surface area contributed by atoms with Crippen LogP contribution in [0.2, 0.25) is 10.2 Å². The summed E-state index contributed by atoms with van der Waals surface area (Å²) in [4.78, 5) is 23.9. The Morgan fingerprint density at radius 1 is 1.19 bits per heavy atom. The molecule has 8 nitrogen and oxygen atoms in total. The summed E-state index contributed by atoms with van der Waals surface area (Å²) >= 11 is 13.2. The Bertz CT molecular complexity index is 1480. The van der Waals surface area contributed by atoms with Crippen LogP contribution < -0.4 is 16.2 Å². The standard InChI is InChI=1S/C22H23Cl2N7O/c1-22(25)8-10-4-7-14(22)31(10)21-27-19-15(20(32)29(21)2)12(9-26-19)11-5-6-13-16(17(11)23)18(24)30(3)28-13/h5-6,9-10,14,26H,4,7-8,25H2,1-3H3/t10-,14?,22+/m0/s1. The molecule has 0 spiro atoms. The number of H-pyrrole nitrogens is 1. The highest BCUT2D eigenvalue weighted by atomic mass is 35.5. The van der Waals surface area contributed by atoms with Crippen LogP contribution in [0.1, 0.15) is 26.2 Å². The third-order valence-electron chi connectivity index (χ3n) is 7.22. The molecule has 3 atom stereocenters. The molecule has 1 aromatic carbocycles. The van der Waals surface area contributed by atoms with Gasteiger partial charge in [0.05, 0.1) is 21.3 Å². The summed E-state index contributed by atoms with van der Waals surface area (Å²) in [6, 6.07) is 4.22. The zero-order chi connectivity index (χ0) is 22.5. The summed E-state index contributed by atoms with van der Waals surface area (Å²) in [7, 11) is 3.54. The topological polar surface area (TPSA) is 97.8 Å². The summed E-state index contributed by atoms with van der Waals surface area (Å²) in [6.45, 7) is 2.09. The SMILES string of the molecule is Cn1nc2ccc(-c3c[nH]c4nc(N5C6CC[C@H]5C[C@@]6(C)N)n(C)c(=O)c34)c(Cl)c2c1Cl. The number of aromatic nitrogens is 5. The molecule has 4 aromatic rings. The third kappa shape index (κ3) is 2.51. The first-order valence-corrected chi connectivity index (χ1v) is 11.4. The average Bonchev–Trinajstić information content (AvgIpc) is 3.46. The van der Waals surface area contributed by atoms with Crippen LogP contribution in [0.25, 0.3) is 33.1 Å². The van der Waals surface area contributed by atoms with Crippen LogP contribution in [-0.4, -0.2) is 41.9 Å². The number of fused-ring (bicyclic) bond motifs is 4. The zero-order valence-corrected chi connectivity index (χ0v) is 19.5. The van der Waals surface area contributed by atoms with E-state index < -0.39 is 0 Å². The molecule has 166 valence electrons. The van der Waals surface area contributed by atoms with Crippen molar-refractivity contribution in [2.24, 2.45) is 19.8 Å². The fraction of sp³-hybridized carbons (Fsp3) is 0.409. The van der Waals surface area contributed by atoms with Crippen LogP contribution in [0.3, 0.4) is 0 Å². The maximum atomic E-state index is 13.6. The number of hydrogen-bond acceptors (Lipinski definition) is 5. The van der Waals surface area contributed by atoms with Gasteiger partial charge in [-0.05, 0) is 32.3 Å². The molecule has 3 N–H and O–H groups in total. The molecule has 32 heavy (non-hydrogen) atoms. The predicted octanol–water partition coefficient (Wildman–Crippen LogP) is 3.58. The maximum absolute atomic E-state index is 13.6. The lowest BCUT2D eigenvalue weighted by Crippen LogP contribution is -2.49. The molecule has 3 aromatic heterocycles. The summed E-state index contributed by atoms with van der Waals surface area (Å²) < 4.78 is 3.22. The van der Waals surface area contributed by atoms with E-state index in [1.54, 1.807) is 29.5 Å². The predicted molar refractivity (Wildman–Crippen MR) is 128 cm³/mol. The number of aryl methyl sites for hydroxylation is 1. The molecular weight excluding hydrogens is 449 g/mol. The zero-order valence-electron chi connectivity index (χ0n) is 18.0. The van der Waals surface area contributed by atoms with Gasteiger partial charge in [-0.1, -0.05) is 29.3 Å². The van der Waals surface area contributed by atoms with Crippen LogP contribution in [0.5, 0.6) is 0 Å². The molecule has 5 heterocycles. The number of nitrogens with one attached hydrogen (secondary N) is 1. The molecule has 2 fully saturated rings. The van der Waals surface area contributed by atoms with E-state index in [1.807, 2.05) is 12.1 Å². The number of nitrogens with two attached hydrogens (primary N) is 1. The van der Waals surface area contributed by atoms with E-state index >= 15 is 0 Å². The van der Waals surface area contributed by atoms with Gasteiger partial charge in [0.15, 0.2) is 0 Å². The summed E-state index contributed by atoms with van der Waals surface area (Å²) in [5.41, 5.74) is 8.80. The molecule has 0 amide bonds. The highest BCUT2D eigenvalue weighted by Crippen LogP contribution is 2.45. The highest BCUT2D eigenvalue weighted by Gasteiger charge is 2.52. The van der Waals surface area contributed by atoms with Gasteiger partial charge in [-0.25, -0.2) is 0 Å². The lowest BCUT2D eigenvalue weighted by Gasteiger charge is -2.30. The first kappa shape index (κ1) is 20.1. The van der Waals surface area contributed by atoms with Gasteiger partial charge in [-0.15, -0.1) is 0 Å². The molecule has 1 unspecified atom stereocenters. The molecule has 0 saturated carbocycles. The Balaban J connectivity index is 1.55. The Hall–Kier alpha value is -2.55. The Morgan fingerprint density at radius 2 is 1.97 bits per heavy atom. The van der Waals surface area contributed by atoms with Gasteiger partial charge in [-0.3, -0.25) is 14.0 Å². The van der Waals surface area contributed by atoms with Crippen LogP contribution in [0, 0.1) is 0 Å². The van der Waals surface area contributed by atoms with Crippen molar-refractivity contribution >= 4 is 51.1 Å². The van der Waals surface area contributed by atoms with Crippen molar-refractivity contribution in [1.82, 2.24) is 24.3 Å². The average molecular weight is 472 g/mol. The fourth-order valence-electron chi connectivity index (χ4n) is 5.69. The number of halogens is 2. The van der Waals surface area contributed by atoms with Crippen molar-refractivity contribution in [3.8, 4) is 11.1 Å². The van der Waals surface area contributed by atoms with Crippen molar-refractivity contribution in [2.45, 2.75) is 43.8 Å². The van der Waals surface area contributed by atoms with Gasteiger partial charge in [-0.2, -0.15) is 10.1 Å². The van der Waals surface area contributed by atoms with Gasteiger partial charge >= 0.3 is 0 Å². The van der Waals surface area contributed by atoms with E-state index in [2.05, 4.69) is 21.9 Å². The number of aromatic amines is 1.